The van der Waals surface area contributed by atoms with Crippen LogP contribution in [-0.4, -0.2) is 31.4 Å². The normalized spacial score (nSPS) is 11.6. The minimum absolute atomic E-state index is 0. The highest BCUT2D eigenvalue weighted by Gasteiger charge is 2.16. The summed E-state index contributed by atoms with van der Waals surface area (Å²) in [5.41, 5.74) is 0.937. The van der Waals surface area contributed by atoms with Crippen LogP contribution in [0, 0.1) is 5.82 Å². The van der Waals surface area contributed by atoms with Gasteiger partial charge in [0, 0.05) is 20.0 Å². The standard InChI is InChI=1S/C13H19FN2O.ClH/c1-10(11-4-6-12(14)7-5-11)16(3)13(17)8-9-15-2;/h4-7,10,15H,8-9H2,1-3H3;1H. The number of nitrogens with one attached hydrogen (secondary N) is 1. The molecule has 0 spiro atoms. The van der Waals surface area contributed by atoms with Gasteiger partial charge in [-0.25, -0.2) is 4.39 Å². The van der Waals surface area contributed by atoms with E-state index in [1.54, 1.807) is 24.1 Å². The Morgan fingerprint density at radius 2 is 1.94 bits per heavy atom. The van der Waals surface area contributed by atoms with E-state index in [2.05, 4.69) is 5.32 Å². The Morgan fingerprint density at radius 1 is 1.39 bits per heavy atom. The maximum absolute atomic E-state index is 12.8. The van der Waals surface area contributed by atoms with Crippen LogP contribution >= 0.6 is 12.4 Å². The number of hydrogen-bond donors (Lipinski definition) is 1. The number of hydrogen-bond acceptors (Lipinski definition) is 2. The monoisotopic (exact) mass is 274 g/mol. The van der Waals surface area contributed by atoms with Gasteiger partial charge in [-0.1, -0.05) is 12.1 Å². The van der Waals surface area contributed by atoms with Gasteiger partial charge in [-0.05, 0) is 31.7 Å². The van der Waals surface area contributed by atoms with Crippen molar-refractivity contribution in [1.29, 1.82) is 0 Å². The largest absolute Gasteiger partial charge is 0.339 e. The Kier molecular flexibility index (Phi) is 7.55. The third-order valence-electron chi connectivity index (χ3n) is 2.92. The number of amides is 1. The SMILES string of the molecule is CNCCC(=O)N(C)C(C)c1ccc(F)cc1.Cl. The summed E-state index contributed by atoms with van der Waals surface area (Å²) in [5.74, 6) is -0.179. The van der Waals surface area contributed by atoms with Gasteiger partial charge in [-0.3, -0.25) is 4.79 Å². The fourth-order valence-corrected chi connectivity index (χ4v) is 1.59. The van der Waals surface area contributed by atoms with Gasteiger partial charge in [-0.2, -0.15) is 0 Å². The molecular formula is C13H20ClFN2O. The predicted octanol–water partition coefficient (Wildman–Crippen LogP) is 2.38. The smallest absolute Gasteiger partial charge is 0.224 e. The van der Waals surface area contributed by atoms with Crippen molar-refractivity contribution in [1.82, 2.24) is 10.2 Å². The lowest BCUT2D eigenvalue weighted by Crippen LogP contribution is -2.31. The molecule has 1 aromatic carbocycles. The molecule has 0 aliphatic carbocycles. The van der Waals surface area contributed by atoms with Crippen molar-refractivity contribution < 1.29 is 9.18 Å². The second kappa shape index (κ2) is 8.06. The zero-order valence-electron chi connectivity index (χ0n) is 10.9. The summed E-state index contributed by atoms with van der Waals surface area (Å²) in [5, 5.41) is 2.94. The van der Waals surface area contributed by atoms with Gasteiger partial charge in [0.2, 0.25) is 5.91 Å². The van der Waals surface area contributed by atoms with E-state index in [4.69, 9.17) is 0 Å². The Bertz CT molecular complexity index is 370. The molecule has 3 nitrogen and oxygen atoms in total. The quantitative estimate of drug-likeness (QED) is 0.894. The molecule has 1 unspecified atom stereocenters. The number of carbonyl (C=O) groups excluding carboxylic acids is 1. The van der Waals surface area contributed by atoms with E-state index < -0.39 is 0 Å². The van der Waals surface area contributed by atoms with E-state index in [-0.39, 0.29) is 30.2 Å². The molecule has 1 atom stereocenters. The molecule has 1 N–H and O–H groups in total. The first-order valence-electron chi connectivity index (χ1n) is 5.72. The third-order valence-corrected chi connectivity index (χ3v) is 2.92. The molecule has 1 aromatic rings. The lowest BCUT2D eigenvalue weighted by atomic mass is 10.1. The Hall–Kier alpha value is -1.13. The molecule has 0 bridgehead atoms. The van der Waals surface area contributed by atoms with Crippen LogP contribution in [0.25, 0.3) is 0 Å². The van der Waals surface area contributed by atoms with E-state index in [0.717, 1.165) is 5.56 Å². The van der Waals surface area contributed by atoms with Crippen LogP contribution in [0.3, 0.4) is 0 Å². The summed E-state index contributed by atoms with van der Waals surface area (Å²) in [7, 11) is 3.59. The second-order valence-corrected chi connectivity index (χ2v) is 4.09. The summed E-state index contributed by atoms with van der Waals surface area (Å²) < 4.78 is 12.8. The van der Waals surface area contributed by atoms with Crippen LogP contribution < -0.4 is 5.32 Å². The molecule has 102 valence electrons. The highest BCUT2D eigenvalue weighted by molar-refractivity contribution is 5.85. The highest BCUT2D eigenvalue weighted by atomic mass is 35.5. The Morgan fingerprint density at radius 3 is 2.44 bits per heavy atom. The van der Waals surface area contributed by atoms with Crippen molar-refractivity contribution in [3.63, 3.8) is 0 Å². The van der Waals surface area contributed by atoms with Gasteiger partial charge in [0.1, 0.15) is 5.82 Å². The number of carbonyl (C=O) groups is 1. The van der Waals surface area contributed by atoms with Crippen molar-refractivity contribution in [3.05, 3.63) is 35.6 Å². The Balaban J connectivity index is 0.00000289. The van der Waals surface area contributed by atoms with Crippen LogP contribution in [0.1, 0.15) is 24.9 Å². The van der Waals surface area contributed by atoms with E-state index in [1.165, 1.54) is 12.1 Å². The molecule has 0 fully saturated rings. The van der Waals surface area contributed by atoms with Gasteiger partial charge in [0.25, 0.3) is 0 Å². The molecule has 5 heteroatoms. The van der Waals surface area contributed by atoms with Gasteiger partial charge < -0.3 is 10.2 Å². The second-order valence-electron chi connectivity index (χ2n) is 4.09. The fourth-order valence-electron chi connectivity index (χ4n) is 1.59. The molecule has 0 saturated heterocycles. The van der Waals surface area contributed by atoms with Crippen molar-refractivity contribution in [2.45, 2.75) is 19.4 Å². The van der Waals surface area contributed by atoms with Crippen LogP contribution in [0.4, 0.5) is 4.39 Å². The van der Waals surface area contributed by atoms with E-state index >= 15 is 0 Å². The van der Waals surface area contributed by atoms with Crippen LogP contribution in [0.5, 0.6) is 0 Å². The molecule has 0 radical (unpaired) electrons. The van der Waals surface area contributed by atoms with Crippen molar-refractivity contribution in [2.24, 2.45) is 0 Å². The molecule has 18 heavy (non-hydrogen) atoms. The predicted molar refractivity (Wildman–Crippen MR) is 73.4 cm³/mol. The molecule has 0 aliphatic rings. The Labute approximate surface area is 114 Å². The molecule has 0 heterocycles. The molecular weight excluding hydrogens is 255 g/mol. The molecule has 0 aromatic heterocycles. The molecule has 1 rings (SSSR count). The van der Waals surface area contributed by atoms with Crippen molar-refractivity contribution in [3.8, 4) is 0 Å². The third kappa shape index (κ3) is 4.63. The maximum atomic E-state index is 12.8. The minimum atomic E-state index is -0.259. The summed E-state index contributed by atoms with van der Waals surface area (Å²) in [6.07, 6.45) is 0.471. The van der Waals surface area contributed by atoms with Gasteiger partial charge >= 0.3 is 0 Å². The number of benzene rings is 1. The van der Waals surface area contributed by atoms with Crippen LogP contribution in [0.2, 0.25) is 0 Å². The van der Waals surface area contributed by atoms with Gasteiger partial charge in [0.15, 0.2) is 0 Å². The van der Waals surface area contributed by atoms with E-state index in [1.807, 2.05) is 14.0 Å². The van der Waals surface area contributed by atoms with E-state index in [0.29, 0.717) is 13.0 Å². The van der Waals surface area contributed by atoms with Crippen molar-refractivity contribution in [2.75, 3.05) is 20.6 Å². The number of rotatable bonds is 5. The number of halogens is 2. The summed E-state index contributed by atoms with van der Waals surface area (Å²) in [6, 6.07) is 6.21. The molecule has 0 saturated carbocycles. The summed E-state index contributed by atoms with van der Waals surface area (Å²) in [6.45, 7) is 2.60. The molecule has 0 aliphatic heterocycles. The topological polar surface area (TPSA) is 32.3 Å². The fraction of sp³-hybridized carbons (Fsp3) is 0.462. The average Bonchev–Trinajstić information content (AvgIpc) is 2.35. The zero-order valence-corrected chi connectivity index (χ0v) is 11.8. The number of nitrogens with zero attached hydrogens (tertiary/aromatic N) is 1. The van der Waals surface area contributed by atoms with E-state index in [9.17, 15) is 9.18 Å². The first-order valence-corrected chi connectivity index (χ1v) is 5.72. The lowest BCUT2D eigenvalue weighted by molar-refractivity contribution is -0.131. The molecule has 1 amide bonds. The first kappa shape index (κ1) is 16.9. The van der Waals surface area contributed by atoms with Crippen molar-refractivity contribution >= 4 is 18.3 Å². The summed E-state index contributed by atoms with van der Waals surface area (Å²) in [4.78, 5) is 13.5. The highest BCUT2D eigenvalue weighted by Crippen LogP contribution is 2.19. The summed E-state index contributed by atoms with van der Waals surface area (Å²) >= 11 is 0. The zero-order chi connectivity index (χ0) is 12.8. The van der Waals surface area contributed by atoms with Gasteiger partial charge in [-0.15, -0.1) is 12.4 Å². The first-order chi connectivity index (χ1) is 8.06. The minimum Gasteiger partial charge on any atom is -0.339 e. The lowest BCUT2D eigenvalue weighted by Gasteiger charge is -2.25. The van der Waals surface area contributed by atoms with Gasteiger partial charge in [0.05, 0.1) is 6.04 Å². The maximum Gasteiger partial charge on any atom is 0.224 e. The van der Waals surface area contributed by atoms with Crippen LogP contribution in [-0.2, 0) is 4.79 Å². The average molecular weight is 275 g/mol. The van der Waals surface area contributed by atoms with Crippen LogP contribution in [0.15, 0.2) is 24.3 Å².